The standard InChI is InChI=1S/C6H6.C2H3N3/c1-2-4-6-5-3-1;1-2-4-5-3-1/h1-6H;1-2H,(H,3,4,5). The minimum atomic E-state index is 1.58. The van der Waals surface area contributed by atoms with Crippen molar-refractivity contribution in [3.05, 3.63) is 48.8 Å². The Kier molecular flexibility index (Phi) is 3.51. The van der Waals surface area contributed by atoms with Crippen molar-refractivity contribution in [3.63, 3.8) is 0 Å². The average molecular weight is 147 g/mol. The van der Waals surface area contributed by atoms with Gasteiger partial charge in [0.1, 0.15) is 0 Å². The molecule has 0 aliphatic carbocycles. The maximum atomic E-state index is 3.42. The minimum Gasteiger partial charge on any atom is -0.266 e. The highest BCUT2D eigenvalue weighted by Gasteiger charge is 1.58. The number of nitrogens with zero attached hydrogens (tertiary/aromatic N) is 2. The first-order valence-electron chi connectivity index (χ1n) is 3.30. The number of aromatic amines is 1. The van der Waals surface area contributed by atoms with E-state index in [1.807, 2.05) is 36.4 Å². The van der Waals surface area contributed by atoms with Crippen molar-refractivity contribution in [2.75, 3.05) is 0 Å². The normalized spacial score (nSPS) is 8.00. The van der Waals surface area contributed by atoms with Gasteiger partial charge in [0, 0.05) is 6.20 Å². The van der Waals surface area contributed by atoms with Gasteiger partial charge < -0.3 is 0 Å². The van der Waals surface area contributed by atoms with Gasteiger partial charge in [0.15, 0.2) is 0 Å². The summed E-state index contributed by atoms with van der Waals surface area (Å²) >= 11 is 0. The zero-order valence-corrected chi connectivity index (χ0v) is 6.01. The Morgan fingerprint density at radius 3 is 1.55 bits per heavy atom. The summed E-state index contributed by atoms with van der Waals surface area (Å²) in [4.78, 5) is 0. The molecule has 1 N–H and O–H groups in total. The Morgan fingerprint density at radius 2 is 1.36 bits per heavy atom. The first-order chi connectivity index (χ1) is 5.50. The lowest BCUT2D eigenvalue weighted by Gasteiger charge is -1.69. The van der Waals surface area contributed by atoms with E-state index < -0.39 is 0 Å². The van der Waals surface area contributed by atoms with Crippen molar-refractivity contribution in [2.45, 2.75) is 0 Å². The summed E-state index contributed by atoms with van der Waals surface area (Å²) in [7, 11) is 0. The third kappa shape index (κ3) is 3.86. The van der Waals surface area contributed by atoms with Gasteiger partial charge >= 0.3 is 0 Å². The zero-order chi connectivity index (χ0) is 7.78. The third-order valence-electron chi connectivity index (χ3n) is 0.998. The Bertz CT molecular complexity index is 195. The van der Waals surface area contributed by atoms with Crippen LogP contribution in [0.1, 0.15) is 0 Å². The van der Waals surface area contributed by atoms with Crippen molar-refractivity contribution < 1.29 is 0 Å². The summed E-state index contributed by atoms with van der Waals surface area (Å²) in [6.07, 6.45) is 3.24. The van der Waals surface area contributed by atoms with E-state index in [0.29, 0.717) is 0 Å². The number of hydrogen-bond acceptors (Lipinski definition) is 2. The number of nitrogens with one attached hydrogen (secondary N) is 1. The van der Waals surface area contributed by atoms with Crippen molar-refractivity contribution in [1.82, 2.24) is 15.4 Å². The molecule has 3 heteroatoms. The molecule has 0 bridgehead atoms. The molecule has 2 rings (SSSR count). The number of aromatic nitrogens is 3. The van der Waals surface area contributed by atoms with Gasteiger partial charge in [-0.15, -0.1) is 5.10 Å². The van der Waals surface area contributed by atoms with Crippen LogP contribution in [-0.2, 0) is 0 Å². The van der Waals surface area contributed by atoms with E-state index in [-0.39, 0.29) is 0 Å². The highest BCUT2D eigenvalue weighted by molar-refractivity contribution is 4.99. The fraction of sp³-hybridized carbons (Fsp3) is 0. The van der Waals surface area contributed by atoms with E-state index in [9.17, 15) is 0 Å². The van der Waals surface area contributed by atoms with Crippen LogP contribution in [0.4, 0.5) is 0 Å². The number of benzene rings is 1. The molecule has 1 heterocycles. The Labute approximate surface area is 65.1 Å². The molecule has 0 aliphatic heterocycles. The molecule has 0 unspecified atom stereocenters. The van der Waals surface area contributed by atoms with Gasteiger partial charge in [0.05, 0.1) is 6.20 Å². The van der Waals surface area contributed by atoms with Crippen LogP contribution in [0.15, 0.2) is 48.8 Å². The van der Waals surface area contributed by atoms with Crippen LogP contribution in [0.2, 0.25) is 0 Å². The molecule has 11 heavy (non-hydrogen) atoms. The summed E-state index contributed by atoms with van der Waals surface area (Å²) in [6.45, 7) is 0. The van der Waals surface area contributed by atoms with Crippen molar-refractivity contribution in [2.24, 2.45) is 0 Å². The summed E-state index contributed by atoms with van der Waals surface area (Å²) < 4.78 is 0. The molecule has 0 fully saturated rings. The second kappa shape index (κ2) is 5.17. The minimum absolute atomic E-state index is 1.58. The molecule has 0 atom stereocenters. The molecule has 0 saturated carbocycles. The van der Waals surface area contributed by atoms with Crippen molar-refractivity contribution in [1.29, 1.82) is 0 Å². The summed E-state index contributed by atoms with van der Waals surface area (Å²) in [5.41, 5.74) is 0. The van der Waals surface area contributed by atoms with Crippen LogP contribution < -0.4 is 0 Å². The highest BCUT2D eigenvalue weighted by Crippen LogP contribution is 1.79. The van der Waals surface area contributed by atoms with E-state index in [1.54, 1.807) is 12.4 Å². The molecule has 0 aliphatic rings. The van der Waals surface area contributed by atoms with E-state index in [4.69, 9.17) is 0 Å². The van der Waals surface area contributed by atoms with Crippen LogP contribution in [0.5, 0.6) is 0 Å². The quantitative estimate of drug-likeness (QED) is 0.613. The van der Waals surface area contributed by atoms with Gasteiger partial charge in [0.2, 0.25) is 0 Å². The highest BCUT2D eigenvalue weighted by atomic mass is 15.3. The third-order valence-corrected chi connectivity index (χ3v) is 0.998. The Hall–Kier alpha value is -1.64. The summed E-state index contributed by atoms with van der Waals surface area (Å²) in [5, 5.41) is 9.26. The number of H-pyrrole nitrogens is 1. The largest absolute Gasteiger partial charge is 0.266 e. The molecular weight excluding hydrogens is 138 g/mol. The molecule has 3 nitrogen and oxygen atoms in total. The molecule has 0 radical (unpaired) electrons. The van der Waals surface area contributed by atoms with Gasteiger partial charge in [0.25, 0.3) is 0 Å². The molecule has 2 aromatic rings. The average Bonchev–Trinajstić information content (AvgIpc) is 2.64. The lowest BCUT2D eigenvalue weighted by Crippen LogP contribution is -1.61. The fourth-order valence-corrected chi connectivity index (χ4v) is 0.552. The monoisotopic (exact) mass is 147 g/mol. The van der Waals surface area contributed by atoms with E-state index in [1.165, 1.54) is 0 Å². The molecule has 1 aromatic heterocycles. The second-order valence-corrected chi connectivity index (χ2v) is 1.82. The van der Waals surface area contributed by atoms with Gasteiger partial charge in [-0.25, -0.2) is 0 Å². The SMILES string of the molecule is c1c[nH]nn1.c1ccccc1. The fourth-order valence-electron chi connectivity index (χ4n) is 0.552. The lowest BCUT2D eigenvalue weighted by molar-refractivity contribution is 0.940. The van der Waals surface area contributed by atoms with Crippen molar-refractivity contribution in [3.8, 4) is 0 Å². The van der Waals surface area contributed by atoms with E-state index in [0.717, 1.165) is 0 Å². The predicted molar refractivity (Wildman–Crippen MR) is 42.8 cm³/mol. The smallest absolute Gasteiger partial charge is 0.0690 e. The molecule has 1 aromatic carbocycles. The molecule has 56 valence electrons. The molecule has 0 amide bonds. The summed E-state index contributed by atoms with van der Waals surface area (Å²) in [6, 6.07) is 12.0. The molecule has 0 spiro atoms. The second-order valence-electron chi connectivity index (χ2n) is 1.82. The zero-order valence-electron chi connectivity index (χ0n) is 6.01. The van der Waals surface area contributed by atoms with Gasteiger partial charge in [-0.05, 0) is 0 Å². The summed E-state index contributed by atoms with van der Waals surface area (Å²) in [5.74, 6) is 0. The van der Waals surface area contributed by atoms with Gasteiger partial charge in [-0.1, -0.05) is 41.6 Å². The van der Waals surface area contributed by atoms with Gasteiger partial charge in [-0.2, -0.15) is 0 Å². The van der Waals surface area contributed by atoms with Crippen LogP contribution >= 0.6 is 0 Å². The van der Waals surface area contributed by atoms with Gasteiger partial charge in [-0.3, -0.25) is 5.10 Å². The maximum absolute atomic E-state index is 3.42. The van der Waals surface area contributed by atoms with Crippen LogP contribution in [-0.4, -0.2) is 15.4 Å². The van der Waals surface area contributed by atoms with Crippen LogP contribution in [0.3, 0.4) is 0 Å². The first-order valence-corrected chi connectivity index (χ1v) is 3.30. The maximum Gasteiger partial charge on any atom is 0.0690 e. The molecule has 0 saturated heterocycles. The number of rotatable bonds is 0. The predicted octanol–water partition coefficient (Wildman–Crippen LogP) is 1.49. The van der Waals surface area contributed by atoms with E-state index >= 15 is 0 Å². The van der Waals surface area contributed by atoms with Crippen LogP contribution in [0, 0.1) is 0 Å². The van der Waals surface area contributed by atoms with E-state index in [2.05, 4.69) is 15.4 Å². The Balaban J connectivity index is 0.000000112. The Morgan fingerprint density at radius 1 is 0.818 bits per heavy atom. The lowest BCUT2D eigenvalue weighted by atomic mass is 10.4. The molecular formula is C8H9N3. The van der Waals surface area contributed by atoms with Crippen LogP contribution in [0.25, 0.3) is 0 Å². The van der Waals surface area contributed by atoms with Crippen molar-refractivity contribution >= 4 is 0 Å². The number of hydrogen-bond donors (Lipinski definition) is 1. The first kappa shape index (κ1) is 7.47. The topological polar surface area (TPSA) is 41.6 Å².